The maximum absolute atomic E-state index is 13.5. The number of amides is 2. The molecule has 2 heterocycles. The number of ether oxygens (including phenoxy) is 1. The Morgan fingerprint density at radius 3 is 2.51 bits per heavy atom. The van der Waals surface area contributed by atoms with Gasteiger partial charge in [0, 0.05) is 50.4 Å². The van der Waals surface area contributed by atoms with Gasteiger partial charge in [-0.3, -0.25) is 15.3 Å². The number of aromatic nitrogens is 4. The molecule has 0 radical (unpaired) electrons. The van der Waals surface area contributed by atoms with Crippen molar-refractivity contribution >= 4 is 11.8 Å². The van der Waals surface area contributed by atoms with E-state index < -0.39 is 0 Å². The average Bonchev–Trinajstić information content (AvgIpc) is 3.61. The van der Waals surface area contributed by atoms with Crippen LogP contribution in [0.25, 0.3) is 16.9 Å². The van der Waals surface area contributed by atoms with Crippen LogP contribution >= 0.6 is 0 Å². The van der Waals surface area contributed by atoms with Gasteiger partial charge in [0.1, 0.15) is 17.6 Å². The molecule has 2 aromatic carbocycles. The van der Waals surface area contributed by atoms with E-state index in [4.69, 9.17) is 9.84 Å². The zero-order valence-corrected chi connectivity index (χ0v) is 21.7. The van der Waals surface area contributed by atoms with Gasteiger partial charge in [-0.2, -0.15) is 10.2 Å². The summed E-state index contributed by atoms with van der Waals surface area (Å²) < 4.78 is 8.91. The molecular weight excluding hydrogens is 464 g/mol. The highest BCUT2D eigenvalue weighted by atomic mass is 16.5. The van der Waals surface area contributed by atoms with Crippen LogP contribution in [0, 0.1) is 12.8 Å². The fourth-order valence-electron chi connectivity index (χ4n) is 5.54. The summed E-state index contributed by atoms with van der Waals surface area (Å²) in [5.41, 5.74) is 4.80. The van der Waals surface area contributed by atoms with Crippen molar-refractivity contribution in [1.82, 2.24) is 19.6 Å². The number of para-hydroxylation sites is 1. The molecule has 2 amide bonds. The van der Waals surface area contributed by atoms with Crippen molar-refractivity contribution in [2.45, 2.75) is 38.1 Å². The van der Waals surface area contributed by atoms with E-state index in [1.165, 1.54) is 5.56 Å². The Labute approximate surface area is 217 Å². The van der Waals surface area contributed by atoms with Crippen molar-refractivity contribution in [2.75, 3.05) is 19.0 Å². The van der Waals surface area contributed by atoms with Crippen LogP contribution in [0.4, 0.5) is 10.6 Å². The van der Waals surface area contributed by atoms with Gasteiger partial charge in [-0.15, -0.1) is 0 Å². The summed E-state index contributed by atoms with van der Waals surface area (Å²) in [4.78, 5) is 13.5. The normalized spacial score (nSPS) is 19.3. The van der Waals surface area contributed by atoms with E-state index in [1.54, 1.807) is 18.0 Å². The maximum Gasteiger partial charge on any atom is 0.419 e. The summed E-state index contributed by atoms with van der Waals surface area (Å²) in [6.07, 6.45) is 6.79. The summed E-state index contributed by atoms with van der Waals surface area (Å²) >= 11 is 0. The number of rotatable bonds is 8. The summed E-state index contributed by atoms with van der Waals surface area (Å²) in [5, 5.41) is 14.3. The predicted molar refractivity (Wildman–Crippen MR) is 144 cm³/mol. The van der Waals surface area contributed by atoms with Gasteiger partial charge in [0.25, 0.3) is 0 Å². The number of nitrogens with two attached hydrogens (primary N) is 1. The SMILES string of the molecule is COCCC1CC([NH2+]C(=O)Nc2c(C)c(-c3cnn(C)c3)nn2-c2ccccc2)[C@@H](c2ccccc2)C1. The van der Waals surface area contributed by atoms with Gasteiger partial charge in [-0.05, 0) is 43.4 Å². The molecule has 1 saturated carbocycles. The van der Waals surface area contributed by atoms with Gasteiger partial charge in [-0.1, -0.05) is 48.5 Å². The minimum Gasteiger partial charge on any atom is -0.385 e. The van der Waals surface area contributed by atoms with Crippen LogP contribution in [0.15, 0.2) is 73.1 Å². The number of primary amides is 1. The number of benzene rings is 2. The lowest BCUT2D eigenvalue weighted by atomic mass is 9.93. The molecule has 192 valence electrons. The first-order valence-corrected chi connectivity index (χ1v) is 12.9. The summed E-state index contributed by atoms with van der Waals surface area (Å²) in [7, 11) is 3.63. The Balaban J connectivity index is 1.41. The number of nitrogens with zero attached hydrogens (tertiary/aromatic N) is 4. The van der Waals surface area contributed by atoms with Crippen LogP contribution in [0.2, 0.25) is 0 Å². The number of anilines is 1. The average molecular weight is 500 g/mol. The topological polar surface area (TPSA) is 90.6 Å². The molecule has 8 heteroatoms. The molecule has 1 aliphatic carbocycles. The summed E-state index contributed by atoms with van der Waals surface area (Å²) in [5.74, 6) is 1.53. The van der Waals surface area contributed by atoms with E-state index in [-0.39, 0.29) is 12.1 Å². The van der Waals surface area contributed by atoms with E-state index in [1.807, 2.05) is 66.6 Å². The number of methoxy groups -OCH3 is 1. The predicted octanol–water partition coefficient (Wildman–Crippen LogP) is 4.28. The third-order valence-corrected chi connectivity index (χ3v) is 7.38. The fourth-order valence-corrected chi connectivity index (χ4v) is 5.54. The minimum atomic E-state index is -0.101. The summed E-state index contributed by atoms with van der Waals surface area (Å²) in [6.45, 7) is 2.74. The highest BCUT2D eigenvalue weighted by molar-refractivity contribution is 5.84. The molecule has 0 bridgehead atoms. The molecule has 5 rings (SSSR count). The van der Waals surface area contributed by atoms with Crippen LogP contribution in [0.3, 0.4) is 0 Å². The fraction of sp³-hybridized carbons (Fsp3) is 0.345. The first-order valence-electron chi connectivity index (χ1n) is 12.9. The standard InChI is InChI=1S/C29H34N6O2/c1-20-27(23-18-30-34(2)19-23)33-35(24-12-8-5-9-13-24)28(20)32-29(36)31-26-17-21(14-15-37-3)16-25(26)22-10-6-4-7-11-22/h4-13,18-19,21,25-26H,14-17H2,1-3H3,(H2,31,32,36)/p+1/t21?,25-,26?/m1/s1. The monoisotopic (exact) mass is 499 g/mol. The number of urea groups is 1. The third kappa shape index (κ3) is 5.50. The molecule has 3 N–H and O–H groups in total. The lowest BCUT2D eigenvalue weighted by molar-refractivity contribution is -0.593. The van der Waals surface area contributed by atoms with E-state index in [9.17, 15) is 4.79 Å². The minimum absolute atomic E-state index is 0.101. The second-order valence-electron chi connectivity index (χ2n) is 9.93. The van der Waals surface area contributed by atoms with E-state index >= 15 is 0 Å². The van der Waals surface area contributed by atoms with Crippen molar-refractivity contribution in [2.24, 2.45) is 13.0 Å². The van der Waals surface area contributed by atoms with Gasteiger partial charge in [0.05, 0.1) is 11.9 Å². The molecule has 8 nitrogen and oxygen atoms in total. The lowest BCUT2D eigenvalue weighted by Crippen LogP contribution is -2.95. The van der Waals surface area contributed by atoms with E-state index in [2.05, 4.69) is 34.7 Å². The van der Waals surface area contributed by atoms with E-state index in [0.717, 1.165) is 48.4 Å². The molecule has 2 aromatic heterocycles. The van der Waals surface area contributed by atoms with Crippen LogP contribution in [0.5, 0.6) is 0 Å². The van der Waals surface area contributed by atoms with E-state index in [0.29, 0.717) is 17.7 Å². The van der Waals surface area contributed by atoms with Gasteiger partial charge in [0.15, 0.2) is 0 Å². The van der Waals surface area contributed by atoms with Crippen molar-refractivity contribution in [1.29, 1.82) is 0 Å². The zero-order chi connectivity index (χ0) is 25.8. The Hall–Kier alpha value is -3.75. The second kappa shape index (κ2) is 11.1. The molecule has 0 saturated heterocycles. The highest BCUT2D eigenvalue weighted by Gasteiger charge is 2.39. The quantitative estimate of drug-likeness (QED) is 0.379. The third-order valence-electron chi connectivity index (χ3n) is 7.38. The molecule has 0 aliphatic heterocycles. The van der Waals surface area contributed by atoms with Gasteiger partial charge < -0.3 is 4.74 Å². The Morgan fingerprint density at radius 1 is 1.11 bits per heavy atom. The number of aryl methyl sites for hydroxylation is 1. The first kappa shape index (κ1) is 24.9. The number of quaternary nitrogens is 1. The van der Waals surface area contributed by atoms with Crippen molar-refractivity contribution in [3.8, 4) is 16.9 Å². The molecule has 4 aromatic rings. The van der Waals surface area contributed by atoms with Crippen molar-refractivity contribution < 1.29 is 14.8 Å². The summed E-state index contributed by atoms with van der Waals surface area (Å²) in [6, 6.07) is 20.5. The second-order valence-corrected chi connectivity index (χ2v) is 9.93. The van der Waals surface area contributed by atoms with Crippen LogP contribution < -0.4 is 10.6 Å². The number of carbonyl (C=O) groups excluding carboxylic acids is 1. The van der Waals surface area contributed by atoms with Crippen LogP contribution in [-0.2, 0) is 11.8 Å². The van der Waals surface area contributed by atoms with Crippen LogP contribution in [0.1, 0.15) is 36.3 Å². The first-order chi connectivity index (χ1) is 18.0. The Kier molecular flexibility index (Phi) is 7.48. The molecule has 2 unspecified atom stereocenters. The largest absolute Gasteiger partial charge is 0.419 e. The number of hydrogen-bond acceptors (Lipinski definition) is 4. The maximum atomic E-state index is 13.5. The number of hydrogen-bond donors (Lipinski definition) is 2. The Morgan fingerprint density at radius 2 is 1.84 bits per heavy atom. The number of carbonyl (C=O) groups is 1. The van der Waals surface area contributed by atoms with Crippen LogP contribution in [-0.4, -0.2) is 45.4 Å². The lowest BCUT2D eigenvalue weighted by Gasteiger charge is -2.18. The van der Waals surface area contributed by atoms with Crippen molar-refractivity contribution in [3.05, 3.63) is 84.2 Å². The molecular formula is C29H35N6O2+. The molecule has 3 atom stereocenters. The smallest absolute Gasteiger partial charge is 0.385 e. The van der Waals surface area contributed by atoms with Gasteiger partial charge in [-0.25, -0.2) is 9.48 Å². The van der Waals surface area contributed by atoms with Gasteiger partial charge in [0.2, 0.25) is 0 Å². The molecule has 1 aliphatic rings. The highest BCUT2D eigenvalue weighted by Crippen LogP contribution is 2.38. The van der Waals surface area contributed by atoms with Crippen molar-refractivity contribution in [3.63, 3.8) is 0 Å². The Bertz CT molecular complexity index is 1330. The number of nitrogens with one attached hydrogen (secondary N) is 1. The molecule has 0 spiro atoms. The molecule has 37 heavy (non-hydrogen) atoms. The zero-order valence-electron chi connectivity index (χ0n) is 21.7. The van der Waals surface area contributed by atoms with Gasteiger partial charge >= 0.3 is 6.03 Å². The molecule has 1 fully saturated rings.